The van der Waals surface area contributed by atoms with Crippen molar-refractivity contribution in [3.8, 4) is 0 Å². The zero-order chi connectivity index (χ0) is 14.1. The maximum absolute atomic E-state index is 13.2. The van der Waals surface area contributed by atoms with E-state index in [1.807, 2.05) is 24.3 Å². The Balaban J connectivity index is 1.90. The third kappa shape index (κ3) is 2.57. The molecule has 0 bridgehead atoms. The van der Waals surface area contributed by atoms with Gasteiger partial charge in [0, 0.05) is 5.69 Å². The normalized spacial score (nSPS) is 12.7. The van der Waals surface area contributed by atoms with Crippen LogP contribution in [0.2, 0.25) is 0 Å². The molecule has 0 saturated carbocycles. The van der Waals surface area contributed by atoms with E-state index in [2.05, 4.69) is 4.98 Å². The van der Waals surface area contributed by atoms with Gasteiger partial charge in [0.2, 0.25) is 0 Å². The van der Waals surface area contributed by atoms with Gasteiger partial charge in [-0.15, -0.1) is 11.3 Å². The highest BCUT2D eigenvalue weighted by atomic mass is 32.2. The van der Waals surface area contributed by atoms with Gasteiger partial charge in [-0.1, -0.05) is 12.1 Å². The molecule has 1 unspecified atom stereocenters. The molecule has 6 heteroatoms. The average Bonchev–Trinajstić information content (AvgIpc) is 2.83. The van der Waals surface area contributed by atoms with Crippen molar-refractivity contribution >= 4 is 38.0 Å². The molecule has 0 fully saturated rings. The first-order valence-electron chi connectivity index (χ1n) is 5.91. The third-order valence-corrected chi connectivity index (χ3v) is 5.41. The number of rotatable bonds is 3. The fourth-order valence-electron chi connectivity index (χ4n) is 1.88. The largest absolute Gasteiger partial charge is 0.398 e. The number of nitrogen functional groups attached to an aromatic ring is 1. The Bertz CT molecular complexity index is 768. The molecule has 0 radical (unpaired) electrons. The molecule has 0 saturated heterocycles. The smallest absolute Gasteiger partial charge is 0.124 e. The van der Waals surface area contributed by atoms with Crippen LogP contribution in [0.4, 0.5) is 10.1 Å². The van der Waals surface area contributed by atoms with Crippen molar-refractivity contribution < 1.29 is 8.60 Å². The molecule has 0 amide bonds. The molecule has 1 heterocycles. The molecule has 0 aliphatic rings. The van der Waals surface area contributed by atoms with Gasteiger partial charge in [-0.3, -0.25) is 4.21 Å². The van der Waals surface area contributed by atoms with Crippen molar-refractivity contribution in [2.24, 2.45) is 0 Å². The van der Waals surface area contributed by atoms with Gasteiger partial charge in [0.1, 0.15) is 10.8 Å². The van der Waals surface area contributed by atoms with E-state index in [-0.39, 0.29) is 5.75 Å². The van der Waals surface area contributed by atoms with Crippen molar-refractivity contribution in [1.29, 1.82) is 0 Å². The molecule has 20 heavy (non-hydrogen) atoms. The minimum atomic E-state index is -1.40. The second-order valence-electron chi connectivity index (χ2n) is 4.25. The number of anilines is 1. The lowest BCUT2D eigenvalue weighted by molar-refractivity contribution is 0.623. The number of aromatic nitrogens is 1. The Hall–Kier alpha value is -1.79. The minimum absolute atomic E-state index is 0.243. The van der Waals surface area contributed by atoms with E-state index >= 15 is 0 Å². The molecule has 2 N–H and O–H groups in total. The van der Waals surface area contributed by atoms with Crippen molar-refractivity contribution in [1.82, 2.24) is 4.98 Å². The van der Waals surface area contributed by atoms with Crippen LogP contribution in [0.1, 0.15) is 5.01 Å². The van der Waals surface area contributed by atoms with Crippen LogP contribution in [0.5, 0.6) is 0 Å². The Labute approximate surface area is 121 Å². The maximum Gasteiger partial charge on any atom is 0.124 e. The Morgan fingerprint density at radius 2 is 2.05 bits per heavy atom. The number of para-hydroxylation sites is 1. The standard InChI is InChI=1S/C14H11FN2OS2/c15-9-5-6-10(16)13(7-9)20(18)8-14-17-11-3-1-2-4-12(11)19-14/h1-7H,8,16H2. The van der Waals surface area contributed by atoms with Gasteiger partial charge in [-0.2, -0.15) is 0 Å². The Morgan fingerprint density at radius 1 is 1.25 bits per heavy atom. The summed E-state index contributed by atoms with van der Waals surface area (Å²) >= 11 is 1.49. The van der Waals surface area contributed by atoms with E-state index in [4.69, 9.17) is 5.73 Å². The number of hydrogen-bond donors (Lipinski definition) is 1. The number of nitrogens with zero attached hydrogens (tertiary/aromatic N) is 1. The summed E-state index contributed by atoms with van der Waals surface area (Å²) in [7, 11) is -1.40. The SMILES string of the molecule is Nc1ccc(F)cc1S(=O)Cc1nc2ccccc2s1. The van der Waals surface area contributed by atoms with E-state index in [9.17, 15) is 8.60 Å². The number of nitrogens with two attached hydrogens (primary N) is 1. The predicted molar refractivity (Wildman–Crippen MR) is 80.5 cm³/mol. The quantitative estimate of drug-likeness (QED) is 0.755. The first-order valence-corrected chi connectivity index (χ1v) is 8.05. The zero-order valence-electron chi connectivity index (χ0n) is 10.4. The van der Waals surface area contributed by atoms with Crippen molar-refractivity contribution in [2.45, 2.75) is 10.6 Å². The molecule has 0 aliphatic heterocycles. The summed E-state index contributed by atoms with van der Waals surface area (Å²) in [5.74, 6) is -0.195. The van der Waals surface area contributed by atoms with Gasteiger partial charge in [0.15, 0.2) is 0 Å². The number of fused-ring (bicyclic) bond motifs is 1. The second-order valence-corrected chi connectivity index (χ2v) is 6.78. The fourth-order valence-corrected chi connectivity index (χ4v) is 4.22. The van der Waals surface area contributed by atoms with E-state index in [1.54, 1.807) is 0 Å². The lowest BCUT2D eigenvalue weighted by Gasteiger charge is -2.04. The van der Waals surface area contributed by atoms with Crippen LogP contribution in [0.15, 0.2) is 47.4 Å². The number of benzene rings is 2. The van der Waals surface area contributed by atoms with Gasteiger partial charge in [-0.05, 0) is 30.3 Å². The molecule has 1 aromatic heterocycles. The lowest BCUT2D eigenvalue weighted by Crippen LogP contribution is -2.01. The van der Waals surface area contributed by atoms with Crippen LogP contribution in [0.3, 0.4) is 0 Å². The molecule has 0 spiro atoms. The highest BCUT2D eigenvalue weighted by molar-refractivity contribution is 7.84. The Kier molecular flexibility index (Phi) is 3.50. The van der Waals surface area contributed by atoms with E-state index < -0.39 is 16.6 Å². The maximum atomic E-state index is 13.2. The molecule has 1 atom stereocenters. The topological polar surface area (TPSA) is 56.0 Å². The minimum Gasteiger partial charge on any atom is -0.398 e. The Morgan fingerprint density at radius 3 is 2.85 bits per heavy atom. The molecular weight excluding hydrogens is 295 g/mol. The second kappa shape index (κ2) is 5.30. The van der Waals surface area contributed by atoms with E-state index in [1.165, 1.54) is 29.5 Å². The molecule has 3 rings (SSSR count). The summed E-state index contributed by atoms with van der Waals surface area (Å²) in [6, 6.07) is 11.6. The van der Waals surface area contributed by atoms with Gasteiger partial charge < -0.3 is 5.73 Å². The van der Waals surface area contributed by atoms with Gasteiger partial charge in [-0.25, -0.2) is 9.37 Å². The first-order chi connectivity index (χ1) is 9.63. The van der Waals surface area contributed by atoms with Crippen LogP contribution in [0, 0.1) is 5.82 Å². The number of thiazole rings is 1. The lowest BCUT2D eigenvalue weighted by atomic mass is 10.3. The van der Waals surface area contributed by atoms with E-state index in [0.29, 0.717) is 10.6 Å². The molecule has 2 aromatic carbocycles. The summed E-state index contributed by atoms with van der Waals surface area (Å²) in [6.07, 6.45) is 0. The summed E-state index contributed by atoms with van der Waals surface area (Å²) in [5.41, 5.74) is 6.97. The average molecular weight is 306 g/mol. The number of hydrogen-bond acceptors (Lipinski definition) is 4. The van der Waals surface area contributed by atoms with Crippen molar-refractivity contribution in [3.05, 3.63) is 53.3 Å². The molecule has 3 aromatic rings. The monoisotopic (exact) mass is 306 g/mol. The van der Waals surface area contributed by atoms with Crippen LogP contribution >= 0.6 is 11.3 Å². The van der Waals surface area contributed by atoms with Gasteiger partial charge in [0.25, 0.3) is 0 Å². The van der Waals surface area contributed by atoms with Gasteiger partial charge >= 0.3 is 0 Å². The highest BCUT2D eigenvalue weighted by Gasteiger charge is 2.13. The number of halogens is 1. The van der Waals surface area contributed by atoms with Gasteiger partial charge in [0.05, 0.1) is 31.7 Å². The summed E-state index contributed by atoms with van der Waals surface area (Å²) < 4.78 is 26.6. The zero-order valence-corrected chi connectivity index (χ0v) is 12.0. The molecule has 0 aliphatic carbocycles. The fraction of sp³-hybridized carbons (Fsp3) is 0.0714. The van der Waals surface area contributed by atoms with Crippen LogP contribution < -0.4 is 5.73 Å². The molecule has 102 valence electrons. The van der Waals surface area contributed by atoms with E-state index in [0.717, 1.165) is 15.2 Å². The highest BCUT2D eigenvalue weighted by Crippen LogP contribution is 2.25. The summed E-state index contributed by atoms with van der Waals surface area (Å²) in [6.45, 7) is 0. The van der Waals surface area contributed by atoms with Crippen LogP contribution in [-0.4, -0.2) is 9.19 Å². The van der Waals surface area contributed by atoms with Crippen molar-refractivity contribution in [3.63, 3.8) is 0 Å². The third-order valence-electron chi connectivity index (χ3n) is 2.81. The predicted octanol–water partition coefficient (Wildman–Crippen LogP) is 3.33. The summed E-state index contributed by atoms with van der Waals surface area (Å²) in [5, 5.41) is 0.758. The molecule has 3 nitrogen and oxygen atoms in total. The molecular formula is C14H11FN2OS2. The summed E-state index contributed by atoms with van der Waals surface area (Å²) in [4.78, 5) is 4.74. The van der Waals surface area contributed by atoms with Crippen molar-refractivity contribution in [2.75, 3.05) is 5.73 Å². The first kappa shape index (κ1) is 13.2. The van der Waals surface area contributed by atoms with Crippen LogP contribution in [-0.2, 0) is 16.6 Å². The van der Waals surface area contributed by atoms with Crippen LogP contribution in [0.25, 0.3) is 10.2 Å².